The Morgan fingerprint density at radius 1 is 0.889 bits per heavy atom. The van der Waals surface area contributed by atoms with E-state index in [0.717, 1.165) is 0 Å². The van der Waals surface area contributed by atoms with Gasteiger partial charge in [-0.1, -0.05) is 30.3 Å². The van der Waals surface area contributed by atoms with Gasteiger partial charge >= 0.3 is 5.97 Å². The fourth-order valence-corrected chi connectivity index (χ4v) is 3.08. The third-order valence-corrected chi connectivity index (χ3v) is 4.93. The number of aliphatic imine (C=N–C) groups is 1. The molecule has 4 atom stereocenters. The van der Waals surface area contributed by atoms with Crippen LogP contribution in [0.5, 0.6) is 0 Å². The lowest BCUT2D eigenvalue weighted by Gasteiger charge is -2.24. The van der Waals surface area contributed by atoms with Crippen LogP contribution in [0.4, 0.5) is 0 Å². The van der Waals surface area contributed by atoms with Crippen LogP contribution in [0.2, 0.25) is 0 Å². The van der Waals surface area contributed by atoms with Crippen molar-refractivity contribution in [2.45, 2.75) is 56.8 Å². The molecular weight excluding hydrogens is 472 g/mol. The summed E-state index contributed by atoms with van der Waals surface area (Å²) >= 11 is 0. The topological polar surface area (TPSA) is 258 Å². The second-order valence-corrected chi connectivity index (χ2v) is 8.12. The molecule has 36 heavy (non-hydrogen) atoms. The lowest BCUT2D eigenvalue weighted by atomic mass is 10.0. The number of benzene rings is 1. The molecule has 1 aromatic carbocycles. The molecule has 0 saturated carbocycles. The van der Waals surface area contributed by atoms with Gasteiger partial charge in [-0.2, -0.15) is 0 Å². The van der Waals surface area contributed by atoms with E-state index >= 15 is 0 Å². The largest absolute Gasteiger partial charge is 0.480 e. The highest BCUT2D eigenvalue weighted by molar-refractivity contribution is 5.96. The van der Waals surface area contributed by atoms with Gasteiger partial charge in [-0.3, -0.25) is 24.2 Å². The molecule has 0 fully saturated rings. The number of guanidine groups is 1. The minimum Gasteiger partial charge on any atom is -0.480 e. The standard InChI is InChI=1S/C22H34N8O6/c1-12(23)18(32)28-14(8-5-9-27-22(25)26)19(33)29-15(11-17(24)31)20(34)30-16(21(35)36)10-13-6-3-2-4-7-13/h2-4,6-7,12,14-16H,5,8-11,23H2,1H3,(H2,24,31)(H,28,32)(H,29,33)(H,30,34)(H,35,36)(H4,25,26,27). The molecule has 0 aliphatic heterocycles. The lowest BCUT2D eigenvalue weighted by Crippen LogP contribution is -2.57. The molecule has 0 aliphatic rings. The van der Waals surface area contributed by atoms with Gasteiger partial charge in [0.05, 0.1) is 12.5 Å². The van der Waals surface area contributed by atoms with Gasteiger partial charge in [-0.05, 0) is 25.3 Å². The van der Waals surface area contributed by atoms with Crippen molar-refractivity contribution in [3.8, 4) is 0 Å². The first-order valence-electron chi connectivity index (χ1n) is 11.2. The van der Waals surface area contributed by atoms with Crippen molar-refractivity contribution in [1.29, 1.82) is 0 Å². The summed E-state index contributed by atoms with van der Waals surface area (Å²) in [6.45, 7) is 1.59. The zero-order chi connectivity index (χ0) is 27.3. The minimum absolute atomic E-state index is 0.0307. The number of nitrogens with two attached hydrogens (primary N) is 4. The summed E-state index contributed by atoms with van der Waals surface area (Å²) in [5.41, 5.74) is 22.0. The molecule has 0 aromatic heterocycles. The van der Waals surface area contributed by atoms with Gasteiger partial charge in [0.2, 0.25) is 23.6 Å². The van der Waals surface area contributed by atoms with E-state index in [-0.39, 0.29) is 25.3 Å². The zero-order valence-corrected chi connectivity index (χ0v) is 20.0. The summed E-state index contributed by atoms with van der Waals surface area (Å²) in [6, 6.07) is 3.70. The number of carbonyl (C=O) groups is 5. The Labute approximate surface area is 208 Å². The molecule has 198 valence electrons. The Bertz CT molecular complexity index is 949. The Balaban J connectivity index is 2.99. The van der Waals surface area contributed by atoms with Crippen molar-refractivity contribution in [3.05, 3.63) is 35.9 Å². The van der Waals surface area contributed by atoms with Crippen LogP contribution in [-0.4, -0.2) is 71.4 Å². The van der Waals surface area contributed by atoms with E-state index in [9.17, 15) is 29.1 Å². The summed E-state index contributed by atoms with van der Waals surface area (Å²) in [4.78, 5) is 65.0. The number of hydrogen-bond donors (Lipinski definition) is 8. The number of carbonyl (C=O) groups excluding carboxylic acids is 4. The van der Waals surface area contributed by atoms with E-state index in [4.69, 9.17) is 22.9 Å². The Kier molecular flexibility index (Phi) is 12.4. The van der Waals surface area contributed by atoms with Gasteiger partial charge in [0.25, 0.3) is 0 Å². The van der Waals surface area contributed by atoms with E-state index in [1.54, 1.807) is 30.3 Å². The highest BCUT2D eigenvalue weighted by Crippen LogP contribution is 2.06. The van der Waals surface area contributed by atoms with E-state index in [1.807, 2.05) is 0 Å². The number of rotatable bonds is 15. The average molecular weight is 507 g/mol. The maximum absolute atomic E-state index is 12.9. The van der Waals surface area contributed by atoms with E-state index in [2.05, 4.69) is 20.9 Å². The van der Waals surface area contributed by atoms with Crippen LogP contribution in [0.1, 0.15) is 31.7 Å². The number of primary amides is 1. The SMILES string of the molecule is CC(N)C(=O)NC(CCCN=C(N)N)C(=O)NC(CC(N)=O)C(=O)NC(Cc1ccccc1)C(=O)O. The van der Waals surface area contributed by atoms with Gasteiger partial charge in [0.1, 0.15) is 18.1 Å². The van der Waals surface area contributed by atoms with Crippen molar-refractivity contribution >= 4 is 35.6 Å². The highest BCUT2D eigenvalue weighted by atomic mass is 16.4. The molecule has 1 rings (SSSR count). The molecule has 0 saturated heterocycles. The summed E-state index contributed by atoms with van der Waals surface area (Å²) in [5.74, 6) is -4.71. The van der Waals surface area contributed by atoms with Crippen LogP contribution in [-0.2, 0) is 30.4 Å². The number of nitrogens with zero attached hydrogens (tertiary/aromatic N) is 1. The smallest absolute Gasteiger partial charge is 0.326 e. The summed E-state index contributed by atoms with van der Waals surface area (Å²) < 4.78 is 0. The third kappa shape index (κ3) is 11.3. The number of amides is 4. The molecule has 0 spiro atoms. The van der Waals surface area contributed by atoms with Crippen LogP contribution in [0, 0.1) is 0 Å². The molecule has 0 aliphatic carbocycles. The Morgan fingerprint density at radius 3 is 1.97 bits per heavy atom. The number of aliphatic carboxylic acids is 1. The Morgan fingerprint density at radius 2 is 1.44 bits per heavy atom. The van der Waals surface area contributed by atoms with Crippen molar-refractivity contribution in [1.82, 2.24) is 16.0 Å². The molecule has 4 unspecified atom stereocenters. The van der Waals surface area contributed by atoms with Gasteiger partial charge < -0.3 is 44.0 Å². The van der Waals surface area contributed by atoms with Crippen molar-refractivity contribution in [2.75, 3.05) is 6.54 Å². The molecule has 14 heteroatoms. The van der Waals surface area contributed by atoms with E-state index < -0.39 is 60.2 Å². The minimum atomic E-state index is -1.49. The predicted molar refractivity (Wildman–Crippen MR) is 131 cm³/mol. The predicted octanol–water partition coefficient (Wildman–Crippen LogP) is -2.96. The van der Waals surface area contributed by atoms with Crippen molar-refractivity contribution in [2.24, 2.45) is 27.9 Å². The second kappa shape index (κ2) is 14.9. The van der Waals surface area contributed by atoms with Crippen LogP contribution >= 0.6 is 0 Å². The summed E-state index contributed by atoms with van der Waals surface area (Å²) in [5, 5.41) is 16.7. The van der Waals surface area contributed by atoms with Crippen LogP contribution in [0.25, 0.3) is 0 Å². The van der Waals surface area contributed by atoms with E-state index in [0.29, 0.717) is 12.0 Å². The summed E-state index contributed by atoms with van der Waals surface area (Å²) in [7, 11) is 0. The Hall–Kier alpha value is -4.20. The first-order valence-corrected chi connectivity index (χ1v) is 11.2. The molecule has 0 bridgehead atoms. The van der Waals surface area contributed by atoms with Crippen LogP contribution < -0.4 is 38.9 Å². The molecule has 0 radical (unpaired) electrons. The normalized spacial score (nSPS) is 13.8. The first-order chi connectivity index (χ1) is 16.9. The van der Waals surface area contributed by atoms with Gasteiger partial charge in [0.15, 0.2) is 5.96 Å². The fraction of sp³-hybridized carbons (Fsp3) is 0.455. The van der Waals surface area contributed by atoms with Gasteiger partial charge in [-0.15, -0.1) is 0 Å². The zero-order valence-electron chi connectivity index (χ0n) is 20.0. The molecule has 14 nitrogen and oxygen atoms in total. The van der Waals surface area contributed by atoms with E-state index in [1.165, 1.54) is 6.92 Å². The first kappa shape index (κ1) is 29.8. The fourth-order valence-electron chi connectivity index (χ4n) is 3.08. The highest BCUT2D eigenvalue weighted by Gasteiger charge is 2.31. The number of nitrogens with one attached hydrogen (secondary N) is 3. The molecule has 4 amide bonds. The van der Waals surface area contributed by atoms with Crippen LogP contribution in [0.3, 0.4) is 0 Å². The average Bonchev–Trinajstić information content (AvgIpc) is 2.79. The number of hydrogen-bond acceptors (Lipinski definition) is 7. The molecule has 12 N–H and O–H groups in total. The van der Waals surface area contributed by atoms with Crippen molar-refractivity contribution < 1.29 is 29.1 Å². The maximum atomic E-state index is 12.9. The second-order valence-electron chi connectivity index (χ2n) is 8.12. The monoisotopic (exact) mass is 506 g/mol. The van der Waals surface area contributed by atoms with Crippen molar-refractivity contribution in [3.63, 3.8) is 0 Å². The number of carboxylic acids is 1. The quantitative estimate of drug-likeness (QED) is 0.0685. The van der Waals surface area contributed by atoms with Crippen LogP contribution in [0.15, 0.2) is 35.3 Å². The van der Waals surface area contributed by atoms with Gasteiger partial charge in [0, 0.05) is 13.0 Å². The number of carboxylic acid groups (broad SMARTS) is 1. The summed E-state index contributed by atoms with van der Waals surface area (Å²) in [6.07, 6.45) is -0.258. The molecule has 1 aromatic rings. The molecule has 0 heterocycles. The third-order valence-electron chi connectivity index (χ3n) is 4.93. The lowest BCUT2D eigenvalue weighted by molar-refractivity contribution is -0.142. The molecular formula is C22H34N8O6. The maximum Gasteiger partial charge on any atom is 0.326 e. The van der Waals surface area contributed by atoms with Gasteiger partial charge in [-0.25, -0.2) is 4.79 Å².